The van der Waals surface area contributed by atoms with Gasteiger partial charge in [0, 0.05) is 17.6 Å². The molecule has 1 aliphatic heterocycles. The van der Waals surface area contributed by atoms with E-state index in [9.17, 15) is 4.79 Å². The van der Waals surface area contributed by atoms with Crippen LogP contribution in [0.4, 0.5) is 5.69 Å². The van der Waals surface area contributed by atoms with Crippen LogP contribution in [0.2, 0.25) is 0 Å². The molecule has 0 aromatic heterocycles. The standard InChI is InChI=1S/C18H24N2O.ClH/c19-18(11-5-6-12-18)16(21)20-13-17(9-3-4-10-17)14-7-1-2-8-15(14)20;/h1-2,7-8H,3-6,9-13,19H2;1H. The predicted molar refractivity (Wildman–Crippen MR) is 91.6 cm³/mol. The van der Waals surface area contributed by atoms with E-state index in [0.717, 1.165) is 37.9 Å². The second kappa shape index (κ2) is 5.54. The molecule has 3 aliphatic rings. The van der Waals surface area contributed by atoms with Gasteiger partial charge in [-0.2, -0.15) is 0 Å². The normalized spacial score (nSPS) is 24.3. The molecule has 4 rings (SSSR count). The zero-order chi connectivity index (χ0) is 14.5. The van der Waals surface area contributed by atoms with Crippen LogP contribution < -0.4 is 10.6 Å². The minimum absolute atomic E-state index is 0. The van der Waals surface area contributed by atoms with E-state index >= 15 is 0 Å². The van der Waals surface area contributed by atoms with Crippen LogP contribution >= 0.6 is 12.4 Å². The molecule has 22 heavy (non-hydrogen) atoms. The molecule has 0 atom stereocenters. The van der Waals surface area contributed by atoms with E-state index < -0.39 is 5.54 Å². The highest BCUT2D eigenvalue weighted by Gasteiger charge is 2.49. The van der Waals surface area contributed by atoms with Crippen LogP contribution in [0.15, 0.2) is 24.3 Å². The average Bonchev–Trinajstić information content (AvgIpc) is 3.21. The number of nitrogens with two attached hydrogens (primary N) is 1. The third-order valence-corrected chi connectivity index (χ3v) is 5.95. The first-order chi connectivity index (χ1) is 10.1. The number of carbonyl (C=O) groups excluding carboxylic acids is 1. The Bertz CT molecular complexity index is 574. The van der Waals surface area contributed by atoms with Crippen molar-refractivity contribution in [3.63, 3.8) is 0 Å². The Kier molecular flexibility index (Phi) is 3.98. The van der Waals surface area contributed by atoms with E-state index in [4.69, 9.17) is 5.73 Å². The smallest absolute Gasteiger partial charge is 0.247 e. The first-order valence-corrected chi connectivity index (χ1v) is 8.35. The molecule has 1 aromatic carbocycles. The molecule has 1 heterocycles. The SMILES string of the molecule is Cl.NC1(C(=O)N2CC3(CCCC3)c3ccccc32)CCCC1. The molecule has 3 nitrogen and oxygen atoms in total. The van der Waals surface area contributed by atoms with Gasteiger partial charge >= 0.3 is 0 Å². The topological polar surface area (TPSA) is 46.3 Å². The Morgan fingerprint density at radius 1 is 1.00 bits per heavy atom. The highest BCUT2D eigenvalue weighted by atomic mass is 35.5. The number of anilines is 1. The summed E-state index contributed by atoms with van der Waals surface area (Å²) >= 11 is 0. The van der Waals surface area contributed by atoms with E-state index in [-0.39, 0.29) is 23.7 Å². The maximum atomic E-state index is 13.1. The van der Waals surface area contributed by atoms with Crippen LogP contribution in [0.1, 0.15) is 56.9 Å². The van der Waals surface area contributed by atoms with Crippen molar-refractivity contribution in [3.05, 3.63) is 29.8 Å². The van der Waals surface area contributed by atoms with Gasteiger partial charge in [0.1, 0.15) is 0 Å². The summed E-state index contributed by atoms with van der Waals surface area (Å²) in [6, 6.07) is 8.50. The summed E-state index contributed by atoms with van der Waals surface area (Å²) < 4.78 is 0. The second-order valence-electron chi connectivity index (χ2n) is 7.26. The second-order valence-corrected chi connectivity index (χ2v) is 7.26. The van der Waals surface area contributed by atoms with Crippen molar-refractivity contribution in [1.82, 2.24) is 0 Å². The monoisotopic (exact) mass is 320 g/mol. The first-order valence-electron chi connectivity index (χ1n) is 8.35. The van der Waals surface area contributed by atoms with Crippen molar-refractivity contribution < 1.29 is 4.79 Å². The molecule has 0 saturated heterocycles. The van der Waals surface area contributed by atoms with Crippen LogP contribution in [0.25, 0.3) is 0 Å². The van der Waals surface area contributed by atoms with Crippen molar-refractivity contribution in [2.75, 3.05) is 11.4 Å². The van der Waals surface area contributed by atoms with Gasteiger partial charge in [0.25, 0.3) is 0 Å². The summed E-state index contributed by atoms with van der Waals surface area (Å²) in [6.07, 6.45) is 8.85. The minimum Gasteiger partial charge on any atom is -0.317 e. The third kappa shape index (κ3) is 2.17. The van der Waals surface area contributed by atoms with E-state index in [1.54, 1.807) is 0 Å². The summed E-state index contributed by atoms with van der Waals surface area (Å²) in [7, 11) is 0. The highest BCUT2D eigenvalue weighted by Crippen LogP contribution is 2.51. The summed E-state index contributed by atoms with van der Waals surface area (Å²) in [5.41, 5.74) is 8.54. The quantitative estimate of drug-likeness (QED) is 0.860. The number of benzene rings is 1. The van der Waals surface area contributed by atoms with Gasteiger partial charge in [-0.15, -0.1) is 12.4 Å². The predicted octanol–water partition coefficient (Wildman–Crippen LogP) is 3.54. The Balaban J connectivity index is 0.00000144. The van der Waals surface area contributed by atoms with Crippen LogP contribution in [-0.2, 0) is 10.2 Å². The van der Waals surface area contributed by atoms with E-state index in [0.29, 0.717) is 0 Å². The zero-order valence-corrected chi connectivity index (χ0v) is 13.8. The number of hydrogen-bond acceptors (Lipinski definition) is 2. The Morgan fingerprint density at radius 3 is 2.27 bits per heavy atom. The molecular weight excluding hydrogens is 296 g/mol. The molecular formula is C18H25ClN2O. The number of fused-ring (bicyclic) bond motifs is 2. The van der Waals surface area contributed by atoms with Gasteiger partial charge in [-0.3, -0.25) is 4.79 Å². The van der Waals surface area contributed by atoms with Gasteiger partial charge in [0.15, 0.2) is 0 Å². The number of hydrogen-bond donors (Lipinski definition) is 1. The fourth-order valence-corrected chi connectivity index (χ4v) is 4.78. The summed E-state index contributed by atoms with van der Waals surface area (Å²) in [4.78, 5) is 15.1. The maximum Gasteiger partial charge on any atom is 0.247 e. The minimum atomic E-state index is -0.614. The number of amides is 1. The van der Waals surface area contributed by atoms with Gasteiger partial charge < -0.3 is 10.6 Å². The van der Waals surface area contributed by atoms with Crippen LogP contribution in [-0.4, -0.2) is 18.0 Å². The van der Waals surface area contributed by atoms with Crippen LogP contribution in [0, 0.1) is 0 Å². The summed E-state index contributed by atoms with van der Waals surface area (Å²) in [5, 5.41) is 0. The molecule has 1 spiro atoms. The molecule has 2 saturated carbocycles. The van der Waals surface area contributed by atoms with Crippen molar-refractivity contribution in [2.24, 2.45) is 5.73 Å². The zero-order valence-electron chi connectivity index (χ0n) is 13.0. The maximum absolute atomic E-state index is 13.1. The van der Waals surface area contributed by atoms with Gasteiger partial charge in [0.05, 0.1) is 5.54 Å². The molecule has 0 radical (unpaired) electrons. The lowest BCUT2D eigenvalue weighted by Gasteiger charge is -2.30. The van der Waals surface area contributed by atoms with Gasteiger partial charge in [-0.25, -0.2) is 0 Å². The largest absolute Gasteiger partial charge is 0.317 e. The number of para-hydroxylation sites is 1. The van der Waals surface area contributed by atoms with E-state index in [1.807, 2.05) is 11.0 Å². The summed E-state index contributed by atoms with van der Waals surface area (Å²) in [6.45, 7) is 0.851. The highest BCUT2D eigenvalue weighted by molar-refractivity contribution is 6.02. The third-order valence-electron chi connectivity index (χ3n) is 5.95. The number of halogens is 1. The van der Waals surface area contributed by atoms with E-state index in [1.165, 1.54) is 31.2 Å². The number of nitrogens with zero attached hydrogens (tertiary/aromatic N) is 1. The first kappa shape index (κ1) is 15.8. The average molecular weight is 321 g/mol. The molecule has 1 amide bonds. The van der Waals surface area contributed by atoms with Crippen LogP contribution in [0.5, 0.6) is 0 Å². The van der Waals surface area contributed by atoms with E-state index in [2.05, 4.69) is 18.2 Å². The van der Waals surface area contributed by atoms with Crippen LogP contribution in [0.3, 0.4) is 0 Å². The van der Waals surface area contributed by atoms with Gasteiger partial charge in [0.2, 0.25) is 5.91 Å². The Labute approximate surface area is 138 Å². The molecule has 0 bridgehead atoms. The lowest BCUT2D eigenvalue weighted by molar-refractivity contribution is -0.123. The fourth-order valence-electron chi connectivity index (χ4n) is 4.78. The Hall–Kier alpha value is -1.06. The molecule has 4 heteroatoms. The summed E-state index contributed by atoms with van der Waals surface area (Å²) in [5.74, 6) is 0.163. The molecule has 1 aromatic rings. The van der Waals surface area contributed by atoms with Crippen molar-refractivity contribution in [3.8, 4) is 0 Å². The van der Waals surface area contributed by atoms with Crippen molar-refractivity contribution >= 4 is 24.0 Å². The molecule has 2 N–H and O–H groups in total. The molecule has 120 valence electrons. The lowest BCUT2D eigenvalue weighted by atomic mass is 9.81. The van der Waals surface area contributed by atoms with Crippen molar-refractivity contribution in [1.29, 1.82) is 0 Å². The molecule has 0 unspecified atom stereocenters. The van der Waals surface area contributed by atoms with Crippen molar-refractivity contribution in [2.45, 2.75) is 62.3 Å². The Morgan fingerprint density at radius 2 is 1.59 bits per heavy atom. The molecule has 2 fully saturated rings. The number of rotatable bonds is 1. The van der Waals surface area contributed by atoms with Gasteiger partial charge in [-0.05, 0) is 37.3 Å². The lowest BCUT2D eigenvalue weighted by Crippen LogP contribution is -2.54. The number of carbonyl (C=O) groups is 1. The molecule has 2 aliphatic carbocycles. The van der Waals surface area contributed by atoms with Gasteiger partial charge in [-0.1, -0.05) is 43.9 Å². The fraction of sp³-hybridized carbons (Fsp3) is 0.611.